The summed E-state index contributed by atoms with van der Waals surface area (Å²) in [7, 11) is 0. The maximum Gasteiger partial charge on any atom is 0.124 e. The van der Waals surface area contributed by atoms with Crippen LogP contribution in [-0.2, 0) is 6.54 Å². The highest BCUT2D eigenvalue weighted by molar-refractivity contribution is 6.31. The van der Waals surface area contributed by atoms with Gasteiger partial charge in [0.2, 0.25) is 0 Å². The number of aromatic nitrogens is 2. The minimum absolute atomic E-state index is 0.0617. The molecule has 0 bridgehead atoms. The van der Waals surface area contributed by atoms with Crippen LogP contribution in [0.2, 0.25) is 5.02 Å². The maximum atomic E-state index is 13.0. The summed E-state index contributed by atoms with van der Waals surface area (Å²) in [5.74, 6) is -0.313. The SMILES string of the molecule is CC(Cn1ccnc1)NC(C)c1ccc(F)cc1Cl. The van der Waals surface area contributed by atoms with Crippen LogP contribution in [0.5, 0.6) is 0 Å². The molecule has 5 heteroatoms. The molecule has 1 aromatic heterocycles. The van der Waals surface area contributed by atoms with Gasteiger partial charge < -0.3 is 9.88 Å². The molecule has 1 aromatic carbocycles. The Morgan fingerprint density at radius 2 is 2.21 bits per heavy atom. The number of benzene rings is 1. The molecule has 3 nitrogen and oxygen atoms in total. The van der Waals surface area contributed by atoms with Crippen LogP contribution in [0.1, 0.15) is 25.5 Å². The molecule has 0 spiro atoms. The molecule has 2 aromatic rings. The maximum absolute atomic E-state index is 13.0. The van der Waals surface area contributed by atoms with Gasteiger partial charge in [0.05, 0.1) is 6.33 Å². The molecule has 2 atom stereocenters. The van der Waals surface area contributed by atoms with Crippen molar-refractivity contribution < 1.29 is 4.39 Å². The largest absolute Gasteiger partial charge is 0.336 e. The van der Waals surface area contributed by atoms with Crippen LogP contribution in [0.25, 0.3) is 0 Å². The molecule has 102 valence electrons. The van der Waals surface area contributed by atoms with E-state index in [-0.39, 0.29) is 17.9 Å². The lowest BCUT2D eigenvalue weighted by molar-refractivity contribution is 0.430. The van der Waals surface area contributed by atoms with E-state index >= 15 is 0 Å². The van der Waals surface area contributed by atoms with Gasteiger partial charge in [0, 0.05) is 36.0 Å². The Morgan fingerprint density at radius 3 is 2.84 bits per heavy atom. The van der Waals surface area contributed by atoms with Gasteiger partial charge in [-0.2, -0.15) is 0 Å². The number of halogens is 2. The minimum atomic E-state index is -0.313. The second-order valence-electron chi connectivity index (χ2n) is 4.71. The van der Waals surface area contributed by atoms with Crippen molar-refractivity contribution in [3.05, 3.63) is 53.3 Å². The summed E-state index contributed by atoms with van der Waals surface area (Å²) in [4.78, 5) is 4.01. The molecular weight excluding hydrogens is 265 g/mol. The van der Waals surface area contributed by atoms with Crippen LogP contribution in [-0.4, -0.2) is 15.6 Å². The van der Waals surface area contributed by atoms with Crippen molar-refractivity contribution in [2.24, 2.45) is 0 Å². The second-order valence-corrected chi connectivity index (χ2v) is 5.12. The van der Waals surface area contributed by atoms with Crippen LogP contribution in [0.15, 0.2) is 36.9 Å². The van der Waals surface area contributed by atoms with E-state index in [1.807, 2.05) is 17.7 Å². The lowest BCUT2D eigenvalue weighted by Gasteiger charge is -2.21. The van der Waals surface area contributed by atoms with E-state index in [4.69, 9.17) is 11.6 Å². The predicted octanol–water partition coefficient (Wildman–Crippen LogP) is 3.41. The van der Waals surface area contributed by atoms with E-state index in [2.05, 4.69) is 17.2 Å². The Kier molecular flexibility index (Phi) is 4.56. The molecule has 0 radical (unpaired) electrons. The highest BCUT2D eigenvalue weighted by Crippen LogP contribution is 2.24. The number of nitrogens with one attached hydrogen (secondary N) is 1. The average molecular weight is 282 g/mol. The molecule has 0 aliphatic carbocycles. The van der Waals surface area contributed by atoms with Crippen LogP contribution in [0.4, 0.5) is 4.39 Å². The molecule has 19 heavy (non-hydrogen) atoms. The van der Waals surface area contributed by atoms with Crippen LogP contribution >= 0.6 is 11.6 Å². The zero-order valence-electron chi connectivity index (χ0n) is 11.0. The predicted molar refractivity (Wildman–Crippen MR) is 74.6 cm³/mol. The van der Waals surface area contributed by atoms with E-state index in [1.165, 1.54) is 12.1 Å². The zero-order valence-corrected chi connectivity index (χ0v) is 11.7. The standard InChI is InChI=1S/C14H17ClFN3/c1-10(8-19-6-5-17-9-19)18-11(2)13-4-3-12(16)7-14(13)15/h3-7,9-11,18H,8H2,1-2H3. The topological polar surface area (TPSA) is 29.9 Å². The monoisotopic (exact) mass is 281 g/mol. The normalized spacial score (nSPS) is 14.3. The third kappa shape index (κ3) is 3.78. The summed E-state index contributed by atoms with van der Waals surface area (Å²) >= 11 is 6.06. The van der Waals surface area contributed by atoms with Crippen molar-refractivity contribution in [1.29, 1.82) is 0 Å². The minimum Gasteiger partial charge on any atom is -0.336 e. The van der Waals surface area contributed by atoms with Crippen molar-refractivity contribution in [2.45, 2.75) is 32.5 Å². The fraction of sp³-hybridized carbons (Fsp3) is 0.357. The van der Waals surface area contributed by atoms with Gasteiger partial charge in [-0.25, -0.2) is 9.37 Å². The summed E-state index contributed by atoms with van der Waals surface area (Å²) in [6.45, 7) is 4.93. The molecule has 0 amide bonds. The third-order valence-electron chi connectivity index (χ3n) is 3.01. The van der Waals surface area contributed by atoms with Crippen molar-refractivity contribution in [1.82, 2.24) is 14.9 Å². The molecule has 2 unspecified atom stereocenters. The molecule has 0 saturated carbocycles. The second kappa shape index (κ2) is 6.17. The molecule has 1 heterocycles. The lowest BCUT2D eigenvalue weighted by atomic mass is 10.1. The van der Waals surface area contributed by atoms with Gasteiger partial charge in [0.15, 0.2) is 0 Å². The average Bonchev–Trinajstić information content (AvgIpc) is 2.81. The first-order chi connectivity index (χ1) is 9.06. The van der Waals surface area contributed by atoms with Gasteiger partial charge in [-0.05, 0) is 31.5 Å². The number of hydrogen-bond acceptors (Lipinski definition) is 2. The summed E-state index contributed by atoms with van der Waals surface area (Å²) in [5, 5.41) is 3.89. The van der Waals surface area contributed by atoms with Crippen molar-refractivity contribution >= 4 is 11.6 Å². The first kappa shape index (κ1) is 14.0. The Morgan fingerprint density at radius 1 is 1.42 bits per heavy atom. The van der Waals surface area contributed by atoms with E-state index in [1.54, 1.807) is 18.6 Å². The fourth-order valence-electron chi connectivity index (χ4n) is 2.13. The summed E-state index contributed by atoms with van der Waals surface area (Å²) in [6.07, 6.45) is 5.47. The molecule has 0 aliphatic rings. The van der Waals surface area contributed by atoms with Gasteiger partial charge >= 0.3 is 0 Å². The molecule has 1 N–H and O–H groups in total. The number of rotatable bonds is 5. The Balaban J connectivity index is 1.98. The molecular formula is C14H17ClFN3. The first-order valence-electron chi connectivity index (χ1n) is 6.23. The summed E-state index contributed by atoms with van der Waals surface area (Å²) in [6, 6.07) is 4.81. The van der Waals surface area contributed by atoms with Gasteiger partial charge in [-0.1, -0.05) is 17.7 Å². The zero-order chi connectivity index (χ0) is 13.8. The fourth-order valence-corrected chi connectivity index (χ4v) is 2.46. The number of nitrogens with zero attached hydrogens (tertiary/aromatic N) is 2. The lowest BCUT2D eigenvalue weighted by Crippen LogP contribution is -2.32. The molecule has 0 aliphatic heterocycles. The van der Waals surface area contributed by atoms with Gasteiger partial charge in [0.25, 0.3) is 0 Å². The van der Waals surface area contributed by atoms with Crippen molar-refractivity contribution in [2.75, 3.05) is 0 Å². The first-order valence-corrected chi connectivity index (χ1v) is 6.61. The summed E-state index contributed by atoms with van der Waals surface area (Å²) in [5.41, 5.74) is 0.903. The highest BCUT2D eigenvalue weighted by atomic mass is 35.5. The summed E-state index contributed by atoms with van der Waals surface area (Å²) < 4.78 is 15.0. The van der Waals surface area contributed by atoms with E-state index in [0.717, 1.165) is 12.1 Å². The number of imidazole rings is 1. The molecule has 0 saturated heterocycles. The van der Waals surface area contributed by atoms with Crippen LogP contribution in [0, 0.1) is 5.82 Å². The smallest absolute Gasteiger partial charge is 0.124 e. The van der Waals surface area contributed by atoms with Gasteiger partial charge in [-0.3, -0.25) is 0 Å². The van der Waals surface area contributed by atoms with Crippen molar-refractivity contribution in [3.8, 4) is 0 Å². The van der Waals surface area contributed by atoms with Crippen LogP contribution in [0.3, 0.4) is 0 Å². The quantitative estimate of drug-likeness (QED) is 0.910. The van der Waals surface area contributed by atoms with E-state index in [9.17, 15) is 4.39 Å². The van der Waals surface area contributed by atoms with Gasteiger partial charge in [0.1, 0.15) is 5.82 Å². The van der Waals surface area contributed by atoms with Crippen LogP contribution < -0.4 is 5.32 Å². The molecule has 2 rings (SSSR count). The van der Waals surface area contributed by atoms with Crippen molar-refractivity contribution in [3.63, 3.8) is 0 Å². The Labute approximate surface area is 117 Å². The highest BCUT2D eigenvalue weighted by Gasteiger charge is 2.13. The third-order valence-corrected chi connectivity index (χ3v) is 3.33. The number of hydrogen-bond donors (Lipinski definition) is 1. The van der Waals surface area contributed by atoms with E-state index < -0.39 is 0 Å². The van der Waals surface area contributed by atoms with Gasteiger partial charge in [-0.15, -0.1) is 0 Å². The Bertz CT molecular complexity index is 527. The Hall–Kier alpha value is -1.39. The molecule has 0 fully saturated rings. The van der Waals surface area contributed by atoms with E-state index in [0.29, 0.717) is 5.02 Å².